The number of carbonyl (C=O) groups excluding carboxylic acids is 2. The Bertz CT molecular complexity index is 912. The zero-order valence-corrected chi connectivity index (χ0v) is 24.3. The number of amides is 2. The smallest absolute Gasteiger partial charge is 0.251 e. The Morgan fingerprint density at radius 3 is 2.34 bits per heavy atom. The Kier molecular flexibility index (Phi) is 10.1. The summed E-state index contributed by atoms with van der Waals surface area (Å²) in [5, 5.41) is 13.1. The molecule has 38 heavy (non-hydrogen) atoms. The predicted molar refractivity (Wildman–Crippen MR) is 154 cm³/mol. The Morgan fingerprint density at radius 2 is 1.74 bits per heavy atom. The third-order valence-electron chi connectivity index (χ3n) is 8.69. The highest BCUT2D eigenvalue weighted by Gasteiger charge is 2.48. The van der Waals surface area contributed by atoms with Crippen LogP contribution in [0.15, 0.2) is 24.3 Å². The molecule has 0 bridgehead atoms. The lowest BCUT2D eigenvalue weighted by Crippen LogP contribution is -2.60. The topological polar surface area (TPSA) is 85.5 Å². The van der Waals surface area contributed by atoms with Gasteiger partial charge in [0.15, 0.2) is 0 Å². The molecule has 2 saturated heterocycles. The summed E-state index contributed by atoms with van der Waals surface area (Å²) in [7, 11) is 0. The van der Waals surface area contributed by atoms with E-state index < -0.39 is 0 Å². The predicted octanol–water partition coefficient (Wildman–Crippen LogP) is 4.20. The van der Waals surface area contributed by atoms with E-state index in [1.165, 1.54) is 25.7 Å². The normalized spacial score (nSPS) is 23.6. The summed E-state index contributed by atoms with van der Waals surface area (Å²) in [4.78, 5) is 27.2. The minimum Gasteiger partial charge on any atom is -0.351 e. The Labute approximate surface area is 234 Å². The number of hydrogen-bond donors (Lipinski definition) is 4. The van der Waals surface area contributed by atoms with Crippen molar-refractivity contribution >= 4 is 23.4 Å². The fourth-order valence-corrected chi connectivity index (χ4v) is 6.65. The largest absolute Gasteiger partial charge is 0.351 e. The lowest BCUT2D eigenvalue weighted by Gasteiger charge is -2.47. The molecule has 1 aliphatic carbocycles. The van der Waals surface area contributed by atoms with Gasteiger partial charge in [0, 0.05) is 36.2 Å². The number of nitrogens with zero attached hydrogens (tertiary/aromatic N) is 1. The molecule has 2 amide bonds. The van der Waals surface area contributed by atoms with Gasteiger partial charge in [0.2, 0.25) is 5.91 Å². The summed E-state index contributed by atoms with van der Waals surface area (Å²) in [6, 6.07) is 7.80. The molecule has 1 unspecified atom stereocenters. The van der Waals surface area contributed by atoms with E-state index in [-0.39, 0.29) is 28.8 Å². The van der Waals surface area contributed by atoms with Gasteiger partial charge in [-0.05, 0) is 95.9 Å². The van der Waals surface area contributed by atoms with Crippen molar-refractivity contribution in [3.63, 3.8) is 0 Å². The van der Waals surface area contributed by atoms with Crippen LogP contribution in [0.25, 0.3) is 0 Å². The Hall–Kier alpha value is -1.67. The zero-order valence-electron chi connectivity index (χ0n) is 23.6. The monoisotopic (exact) mass is 545 g/mol. The number of nitrogens with one attached hydrogen (secondary N) is 4. The first-order valence-electron chi connectivity index (χ1n) is 14.7. The fraction of sp³-hybridized carbons (Fsp3) is 0.733. The SMILES string of the molecule is CC(C)(C)NC(=O)C1(C2CCCCC2)CCN(NC(=O)C(Cc2ccc(Cl)cc2)NC[C@H]2CCCN2)CC1. The van der Waals surface area contributed by atoms with Crippen LogP contribution < -0.4 is 21.4 Å². The average Bonchev–Trinajstić information content (AvgIpc) is 3.41. The first kappa shape index (κ1) is 29.3. The van der Waals surface area contributed by atoms with E-state index in [0.717, 1.165) is 50.8 Å². The lowest BCUT2D eigenvalue weighted by molar-refractivity contribution is -0.143. The Balaban J connectivity index is 1.40. The second-order valence-corrected chi connectivity index (χ2v) is 13.2. The maximum Gasteiger partial charge on any atom is 0.251 e. The molecule has 0 radical (unpaired) electrons. The second-order valence-electron chi connectivity index (χ2n) is 12.7. The molecule has 1 aromatic rings. The molecule has 0 spiro atoms. The van der Waals surface area contributed by atoms with Crippen LogP contribution in [-0.4, -0.2) is 60.6 Å². The van der Waals surface area contributed by atoms with Crippen LogP contribution in [0.4, 0.5) is 0 Å². The summed E-state index contributed by atoms with van der Waals surface area (Å²) >= 11 is 6.09. The van der Waals surface area contributed by atoms with Crippen LogP contribution in [0.5, 0.6) is 0 Å². The van der Waals surface area contributed by atoms with Gasteiger partial charge in [-0.1, -0.05) is 43.0 Å². The van der Waals surface area contributed by atoms with Crippen molar-refractivity contribution in [1.29, 1.82) is 0 Å². The molecule has 7 nitrogen and oxygen atoms in total. The Morgan fingerprint density at radius 1 is 1.05 bits per heavy atom. The van der Waals surface area contributed by atoms with Crippen molar-refractivity contribution in [2.24, 2.45) is 11.3 Å². The van der Waals surface area contributed by atoms with Crippen molar-refractivity contribution in [1.82, 2.24) is 26.4 Å². The van der Waals surface area contributed by atoms with E-state index >= 15 is 0 Å². The van der Waals surface area contributed by atoms with Gasteiger partial charge in [0.25, 0.3) is 5.91 Å². The third kappa shape index (κ3) is 7.93. The molecule has 3 aliphatic rings. The molecule has 0 aromatic heterocycles. The highest BCUT2D eigenvalue weighted by Crippen LogP contribution is 2.46. The van der Waals surface area contributed by atoms with Gasteiger partial charge in [-0.25, -0.2) is 5.01 Å². The van der Waals surface area contributed by atoms with Crippen molar-refractivity contribution in [3.05, 3.63) is 34.9 Å². The van der Waals surface area contributed by atoms with E-state index in [2.05, 4.69) is 42.1 Å². The van der Waals surface area contributed by atoms with Crippen molar-refractivity contribution < 1.29 is 9.59 Å². The van der Waals surface area contributed by atoms with Crippen LogP contribution >= 0.6 is 11.6 Å². The average molecular weight is 546 g/mol. The van der Waals surface area contributed by atoms with E-state index in [1.54, 1.807) is 0 Å². The number of benzene rings is 1. The maximum absolute atomic E-state index is 13.7. The molecule has 4 rings (SSSR count). The van der Waals surface area contributed by atoms with Crippen LogP contribution in [-0.2, 0) is 16.0 Å². The van der Waals surface area contributed by atoms with Gasteiger partial charge < -0.3 is 16.0 Å². The van der Waals surface area contributed by atoms with Crippen molar-refractivity contribution in [3.8, 4) is 0 Å². The molecule has 3 fully saturated rings. The maximum atomic E-state index is 13.7. The number of hydrogen-bond acceptors (Lipinski definition) is 5. The number of carbonyl (C=O) groups is 2. The molecule has 2 aliphatic heterocycles. The molecule has 8 heteroatoms. The lowest BCUT2D eigenvalue weighted by atomic mass is 9.63. The van der Waals surface area contributed by atoms with Gasteiger partial charge in [-0.2, -0.15) is 0 Å². The molecule has 2 heterocycles. The molecule has 1 aromatic carbocycles. The van der Waals surface area contributed by atoms with Crippen molar-refractivity contribution in [2.75, 3.05) is 26.2 Å². The summed E-state index contributed by atoms with van der Waals surface area (Å²) in [5.74, 6) is 0.617. The fourth-order valence-electron chi connectivity index (χ4n) is 6.52. The minimum absolute atomic E-state index is 0.0118. The quantitative estimate of drug-likeness (QED) is 0.374. The molecular weight excluding hydrogens is 498 g/mol. The first-order chi connectivity index (χ1) is 18.1. The molecular formula is C30H48ClN5O2. The number of piperidine rings is 1. The van der Waals surface area contributed by atoms with Gasteiger partial charge >= 0.3 is 0 Å². The first-order valence-corrected chi connectivity index (χ1v) is 15.1. The number of rotatable bonds is 9. The third-order valence-corrected chi connectivity index (χ3v) is 8.95. The van der Waals surface area contributed by atoms with E-state index in [1.807, 2.05) is 29.3 Å². The van der Waals surface area contributed by atoms with Gasteiger partial charge in [0.1, 0.15) is 0 Å². The highest BCUT2D eigenvalue weighted by molar-refractivity contribution is 6.30. The number of hydrazine groups is 1. The minimum atomic E-state index is -0.343. The van der Waals surface area contributed by atoms with Gasteiger partial charge in [-0.3, -0.25) is 15.0 Å². The summed E-state index contributed by atoms with van der Waals surface area (Å²) in [5.41, 5.74) is 3.69. The zero-order chi connectivity index (χ0) is 27.2. The number of halogens is 1. The van der Waals surface area contributed by atoms with E-state index in [9.17, 15) is 9.59 Å². The molecule has 1 saturated carbocycles. The van der Waals surface area contributed by atoms with Gasteiger partial charge in [-0.15, -0.1) is 0 Å². The summed E-state index contributed by atoms with van der Waals surface area (Å²) in [6.45, 7) is 9.37. The highest BCUT2D eigenvalue weighted by atomic mass is 35.5. The van der Waals surface area contributed by atoms with Crippen molar-refractivity contribution in [2.45, 2.75) is 103 Å². The van der Waals surface area contributed by atoms with E-state index in [0.29, 0.717) is 36.5 Å². The standard InChI is InChI=1S/C30H48ClN5O2/c1-29(2,3)34-28(38)30(23-8-5-4-6-9-23)15-18-36(19-16-30)35-27(37)26(33-21-25-10-7-17-32-25)20-22-11-13-24(31)14-12-22/h11-14,23,25-26,32-33H,4-10,15-21H2,1-3H3,(H,34,38)(H,35,37)/t25-,26?/m1/s1. The van der Waals surface area contributed by atoms with Crippen LogP contribution in [0.2, 0.25) is 5.02 Å². The van der Waals surface area contributed by atoms with E-state index in [4.69, 9.17) is 11.6 Å². The summed E-state index contributed by atoms with van der Waals surface area (Å²) < 4.78 is 0. The van der Waals surface area contributed by atoms with Crippen LogP contribution in [0.3, 0.4) is 0 Å². The van der Waals surface area contributed by atoms with Crippen LogP contribution in [0, 0.1) is 11.3 Å². The molecule has 4 N–H and O–H groups in total. The van der Waals surface area contributed by atoms with Gasteiger partial charge in [0.05, 0.1) is 11.5 Å². The van der Waals surface area contributed by atoms with Crippen LogP contribution in [0.1, 0.15) is 84.1 Å². The molecule has 212 valence electrons. The second kappa shape index (κ2) is 13.1. The summed E-state index contributed by atoms with van der Waals surface area (Å²) in [6.07, 6.45) is 10.4. The molecule has 2 atom stereocenters.